The molecule has 1 heterocycles. The molecule has 0 aromatic rings. The summed E-state index contributed by atoms with van der Waals surface area (Å²) < 4.78 is 29.7. The Morgan fingerprint density at radius 2 is 0.583 bits per heavy atom. The largest absolute Gasteiger partial charge is 2.00 e. The fourth-order valence-electron chi connectivity index (χ4n) is 4.63. The van der Waals surface area contributed by atoms with Crippen molar-refractivity contribution in [3.63, 3.8) is 0 Å². The van der Waals surface area contributed by atoms with Gasteiger partial charge in [-0.05, 0) is 25.7 Å². The number of carbonyl (C=O) groups is 4. The van der Waals surface area contributed by atoms with E-state index in [9.17, 15) is 39.6 Å². The van der Waals surface area contributed by atoms with E-state index in [4.69, 9.17) is 51.4 Å². The van der Waals surface area contributed by atoms with E-state index >= 15 is 0 Å². The third kappa shape index (κ3) is 20.5. The monoisotopic (exact) mass is 1050 g/mol. The van der Waals surface area contributed by atoms with Crippen LogP contribution in [0.15, 0.2) is 0 Å². The molecule has 3 rings (SSSR count). The van der Waals surface area contributed by atoms with Crippen molar-refractivity contribution in [1.82, 2.24) is 0 Å². The number of aliphatic carboxylic acids is 4. The van der Waals surface area contributed by atoms with Crippen LogP contribution in [-0.2, 0) is 89.7 Å². The van der Waals surface area contributed by atoms with Crippen molar-refractivity contribution in [3.05, 3.63) is 0 Å². The van der Waals surface area contributed by atoms with Crippen LogP contribution in [0.3, 0.4) is 0 Å². The van der Waals surface area contributed by atoms with Gasteiger partial charge in [0.25, 0.3) is 0 Å². The summed E-state index contributed by atoms with van der Waals surface area (Å²) in [6, 6.07) is 1.12. The SMILES string of the molecule is N[C@@H]1CCCC[C@H]1N.N[C@@H]1CCCC[C@H]1N.O=C([O-])[C@H]1OCCOCCO[C@@H](C(=O)[O-])[C@H](C(=O)[O-])OCCOCCO[C@H]1C(=O)[O-].[Pt+2].[Pt+2]. The fraction of sp³-hybridized carbons (Fsp3) is 0.857. The van der Waals surface area contributed by atoms with Gasteiger partial charge < -0.3 is 91.0 Å². The maximum Gasteiger partial charge on any atom is 2.00 e. The van der Waals surface area contributed by atoms with Crippen molar-refractivity contribution in [3.8, 4) is 0 Å². The Labute approximate surface area is 308 Å². The molecule has 20 heteroatoms. The van der Waals surface area contributed by atoms with Crippen LogP contribution in [0.4, 0.5) is 0 Å². The van der Waals surface area contributed by atoms with Gasteiger partial charge in [0.1, 0.15) is 24.4 Å². The zero-order valence-electron chi connectivity index (χ0n) is 26.6. The predicted molar refractivity (Wildman–Crippen MR) is 149 cm³/mol. The van der Waals surface area contributed by atoms with Gasteiger partial charge in [0.2, 0.25) is 0 Å². The predicted octanol–water partition coefficient (Wildman–Crippen LogP) is -7.00. The number of rotatable bonds is 4. The molecule has 18 nitrogen and oxygen atoms in total. The van der Waals surface area contributed by atoms with E-state index in [2.05, 4.69) is 0 Å². The van der Waals surface area contributed by atoms with Crippen molar-refractivity contribution in [2.75, 3.05) is 52.9 Å². The van der Waals surface area contributed by atoms with E-state index in [1.807, 2.05) is 0 Å². The van der Waals surface area contributed by atoms with E-state index in [1.165, 1.54) is 25.7 Å². The van der Waals surface area contributed by atoms with Crippen LogP contribution in [0.5, 0.6) is 0 Å². The first-order chi connectivity index (χ1) is 21.9. The van der Waals surface area contributed by atoms with Gasteiger partial charge in [-0.1, -0.05) is 25.7 Å². The van der Waals surface area contributed by atoms with E-state index in [0.29, 0.717) is 0 Å². The molecule has 0 aromatic heterocycles. The van der Waals surface area contributed by atoms with Gasteiger partial charge in [0.15, 0.2) is 0 Å². The van der Waals surface area contributed by atoms with Crippen LogP contribution in [0, 0.1) is 0 Å². The Morgan fingerprint density at radius 1 is 0.396 bits per heavy atom. The molecule has 0 amide bonds. The molecule has 3 fully saturated rings. The second-order valence-corrected chi connectivity index (χ2v) is 10.9. The van der Waals surface area contributed by atoms with Crippen LogP contribution in [0.1, 0.15) is 51.4 Å². The normalized spacial score (nSPS) is 31.1. The van der Waals surface area contributed by atoms with Gasteiger partial charge in [-0.15, -0.1) is 0 Å². The summed E-state index contributed by atoms with van der Waals surface area (Å²) in [5.74, 6) is -7.38. The molecule has 2 aliphatic carbocycles. The standard InChI is InChI=1S/C16H24O14.2C6H14N2.2Pt/c17-13(18)9-10(14(19)20)29-7-3-26-4-8-30-12(16(23)24)11(15(21)22)28-6-2-25-1-5-27-9;2*7-5-3-1-2-4-6(5)8;;/h9-12H,1-8H2,(H,17,18)(H,19,20)(H,21,22)(H,23,24);2*5-6H,1-4,7-8H2;;/q;;;2*+2/p-4/t9-,10-,11-,12+;2*5-,6-;;/m111../s1. The van der Waals surface area contributed by atoms with E-state index in [1.54, 1.807) is 0 Å². The molecule has 0 aromatic carbocycles. The maximum absolute atomic E-state index is 11.1. The van der Waals surface area contributed by atoms with Gasteiger partial charge in [0.05, 0.1) is 76.7 Å². The topological polar surface area (TPSA) is 320 Å². The second-order valence-electron chi connectivity index (χ2n) is 10.9. The summed E-state index contributed by atoms with van der Waals surface area (Å²) in [6.45, 7) is -2.54. The Morgan fingerprint density at radius 3 is 0.729 bits per heavy atom. The molecule has 8 atom stereocenters. The van der Waals surface area contributed by atoms with E-state index in [-0.39, 0.29) is 92.7 Å². The van der Waals surface area contributed by atoms with Gasteiger partial charge in [-0.2, -0.15) is 0 Å². The molecule has 1 saturated heterocycles. The number of carboxylic acid groups (broad SMARTS) is 4. The number of ether oxygens (including phenoxy) is 6. The van der Waals surface area contributed by atoms with Crippen molar-refractivity contribution in [1.29, 1.82) is 0 Å². The Bertz CT molecular complexity index is 774. The average Bonchev–Trinajstić information content (AvgIpc) is 2.99. The minimum Gasteiger partial charge on any atom is -0.547 e. The molecule has 1 aliphatic heterocycles. The zero-order chi connectivity index (χ0) is 34.5. The van der Waals surface area contributed by atoms with Gasteiger partial charge in [-0.3, -0.25) is 0 Å². The molecule has 0 unspecified atom stereocenters. The van der Waals surface area contributed by atoms with E-state index in [0.717, 1.165) is 25.7 Å². The zero-order valence-corrected chi connectivity index (χ0v) is 31.1. The molecule has 2 saturated carbocycles. The van der Waals surface area contributed by atoms with Gasteiger partial charge in [-0.25, -0.2) is 0 Å². The van der Waals surface area contributed by atoms with Crippen LogP contribution in [-0.4, -0.2) is 125 Å². The molecular formula is C28H48N4O14Pt2. The molecule has 284 valence electrons. The van der Waals surface area contributed by atoms with Crippen molar-refractivity contribution in [2.24, 2.45) is 22.9 Å². The van der Waals surface area contributed by atoms with Crippen LogP contribution in [0.25, 0.3) is 0 Å². The van der Waals surface area contributed by atoms with Gasteiger partial charge in [0, 0.05) is 24.2 Å². The smallest absolute Gasteiger partial charge is 0.547 e. The quantitative estimate of drug-likeness (QED) is 0.203. The molecule has 3 aliphatic rings. The first-order valence-electron chi connectivity index (χ1n) is 15.3. The Hall–Kier alpha value is -1.14. The molecule has 0 bridgehead atoms. The molecule has 8 N–H and O–H groups in total. The molecule has 0 radical (unpaired) electrons. The summed E-state index contributed by atoms with van der Waals surface area (Å²) in [6.07, 6.45) is 1.66. The molecular weight excluding hydrogens is 1010 g/mol. The number of hydrogen-bond acceptors (Lipinski definition) is 18. The Balaban J connectivity index is 0. The minimum atomic E-state index is -1.98. The fourth-order valence-corrected chi connectivity index (χ4v) is 4.63. The third-order valence-electron chi connectivity index (χ3n) is 7.33. The van der Waals surface area contributed by atoms with Crippen LogP contribution in [0.2, 0.25) is 0 Å². The van der Waals surface area contributed by atoms with Gasteiger partial charge >= 0.3 is 42.1 Å². The summed E-state index contributed by atoms with van der Waals surface area (Å²) in [5, 5.41) is 44.6. The molecule has 48 heavy (non-hydrogen) atoms. The number of carboxylic acids is 4. The summed E-state index contributed by atoms with van der Waals surface area (Å²) in [7, 11) is 0. The van der Waals surface area contributed by atoms with Crippen LogP contribution >= 0.6 is 0 Å². The summed E-state index contributed by atoms with van der Waals surface area (Å²) in [5.41, 5.74) is 22.6. The second kappa shape index (κ2) is 28.5. The van der Waals surface area contributed by atoms with Crippen molar-refractivity contribution >= 4 is 23.9 Å². The first kappa shape index (κ1) is 49.0. The number of hydrogen-bond donors (Lipinski definition) is 4. The summed E-state index contributed by atoms with van der Waals surface area (Å²) in [4.78, 5) is 44.6. The van der Waals surface area contributed by atoms with Crippen molar-refractivity contribution in [2.45, 2.75) is 99.9 Å². The third-order valence-corrected chi connectivity index (χ3v) is 7.33. The average molecular weight is 1050 g/mol. The maximum atomic E-state index is 11.1. The number of carbonyl (C=O) groups excluding carboxylic acids is 4. The molecule has 0 spiro atoms. The van der Waals surface area contributed by atoms with Crippen molar-refractivity contribution < 1.29 is 110 Å². The number of nitrogens with two attached hydrogens (primary N) is 4. The van der Waals surface area contributed by atoms with E-state index < -0.39 is 74.7 Å². The minimum absolute atomic E-state index is 0. The first-order valence-corrected chi connectivity index (χ1v) is 15.3. The van der Waals surface area contributed by atoms with Crippen LogP contribution < -0.4 is 43.4 Å². The summed E-state index contributed by atoms with van der Waals surface area (Å²) >= 11 is 0. The Kier molecular flexibility index (Phi) is 29.1.